The molecule has 2 nitrogen and oxygen atoms in total. The molecule has 0 fully saturated rings. The van der Waals surface area contributed by atoms with Crippen molar-refractivity contribution in [2.75, 3.05) is 0 Å². The average Bonchev–Trinajstić information content (AvgIpc) is 1.91. The summed E-state index contributed by atoms with van der Waals surface area (Å²) in [5, 5.41) is 0. The van der Waals surface area contributed by atoms with E-state index in [0.29, 0.717) is 0 Å². The van der Waals surface area contributed by atoms with E-state index in [-0.39, 0.29) is 6.15 Å². The second-order valence-electron chi connectivity index (χ2n) is 1.56. The molecule has 0 atom stereocenters. The first kappa shape index (κ1) is 10.4. The topological polar surface area (TPSA) is 45.9 Å². The molecule has 0 aliphatic carbocycles. The second-order valence-corrected chi connectivity index (χ2v) is 3.83. The van der Waals surface area contributed by atoms with Gasteiger partial charge in [-0.3, -0.25) is 0 Å². The first-order chi connectivity index (χ1) is 4.43. The van der Waals surface area contributed by atoms with Gasteiger partial charge in [-0.15, -0.1) is 0 Å². The Labute approximate surface area is 78.7 Å². The smallest absolute Gasteiger partial charge is 0.693 e. The summed E-state index contributed by atoms with van der Waals surface area (Å²) >= 11 is -1.06. The predicted octanol–water partition coefficient (Wildman–Crippen LogP) is 3.46. The molecule has 10 heavy (non-hydrogen) atoms. The molecule has 0 aliphatic rings. The molecular weight excluding hydrogens is 224 g/mol. The standard InChI is InChI=1S/C6H5N.ClH.H2N.Y/c7-6-4-2-1-3-5-6;;;/h1-5H;1H;1H2;/q;;-1;+1/p-1. The Kier molecular flexibility index (Phi) is 6.34. The van der Waals surface area contributed by atoms with Gasteiger partial charge in [0.1, 0.15) is 0 Å². The zero-order chi connectivity index (χ0) is 6.53. The Morgan fingerprint density at radius 3 is 2.30 bits per heavy atom. The van der Waals surface area contributed by atoms with Crippen LogP contribution in [0.5, 0.6) is 0 Å². The van der Waals surface area contributed by atoms with E-state index in [1.54, 1.807) is 0 Å². The van der Waals surface area contributed by atoms with E-state index in [1.165, 1.54) is 0 Å². The van der Waals surface area contributed by atoms with Crippen molar-refractivity contribution in [2.45, 2.75) is 0 Å². The zero-order valence-electron chi connectivity index (χ0n) is 5.37. The zero-order valence-corrected chi connectivity index (χ0v) is 8.96. The normalized spacial score (nSPS) is 8.50. The fourth-order valence-electron chi connectivity index (χ4n) is 0.570. The summed E-state index contributed by atoms with van der Waals surface area (Å²) in [6, 6.07) is 9.84. The average molecular weight is 231 g/mol. The first-order valence-corrected chi connectivity index (χ1v) is 7.53. The van der Waals surface area contributed by atoms with Crippen molar-refractivity contribution < 1.29 is 27.7 Å². The molecule has 2 N–H and O–H groups in total. The van der Waals surface area contributed by atoms with Crippen LogP contribution >= 0.6 is 7.33 Å². The second kappa shape index (κ2) is 6.11. The maximum atomic E-state index is 5.56. The summed E-state index contributed by atoms with van der Waals surface area (Å²) in [4.78, 5) is 0. The molecule has 0 unspecified atom stereocenters. The van der Waals surface area contributed by atoms with E-state index in [9.17, 15) is 0 Å². The summed E-state index contributed by atoms with van der Waals surface area (Å²) in [5.41, 5.74) is 1.02. The Morgan fingerprint density at radius 1 is 1.20 bits per heavy atom. The molecule has 0 aliphatic heterocycles. The molecule has 1 rings (SSSR count). The van der Waals surface area contributed by atoms with Gasteiger partial charge in [0.2, 0.25) is 0 Å². The third-order valence-corrected chi connectivity index (χ3v) is 2.50. The number of hydrogen-bond donors (Lipinski definition) is 0. The molecule has 0 bridgehead atoms. The molecule has 0 heterocycles. The molecular formula is C6H7ClN2Y-. The SMILES string of the molecule is [Cl][Y]=[N]c1ccccc1.[NH2-]. The minimum absolute atomic E-state index is 0. The molecule has 4 heteroatoms. The van der Waals surface area contributed by atoms with Crippen molar-refractivity contribution in [3.05, 3.63) is 36.5 Å². The predicted molar refractivity (Wildman–Crippen MR) is 39.7 cm³/mol. The van der Waals surface area contributed by atoms with Gasteiger partial charge in [0.05, 0.1) is 0 Å². The van der Waals surface area contributed by atoms with Gasteiger partial charge in [-0.05, 0) is 0 Å². The van der Waals surface area contributed by atoms with Crippen LogP contribution in [0, 0.1) is 0 Å². The first-order valence-electron chi connectivity index (χ1n) is 2.61. The van der Waals surface area contributed by atoms with E-state index in [0.717, 1.165) is 5.69 Å². The number of nitrogens with zero attached hydrogens (tertiary/aromatic N) is 1. The van der Waals surface area contributed by atoms with Crippen molar-refractivity contribution in [3.8, 4) is 0 Å². The largest absolute Gasteiger partial charge is 0.693 e. The molecule has 0 saturated heterocycles. The van der Waals surface area contributed by atoms with Crippen LogP contribution in [0.15, 0.2) is 32.4 Å². The minimum atomic E-state index is -1.06. The van der Waals surface area contributed by atoms with Gasteiger partial charge in [0.15, 0.2) is 0 Å². The van der Waals surface area contributed by atoms with Crippen LogP contribution < -0.4 is 0 Å². The third-order valence-electron chi connectivity index (χ3n) is 0.954. The number of rotatable bonds is 1. The molecule has 52 valence electrons. The maximum Gasteiger partial charge on any atom is -0.693 e. The summed E-state index contributed by atoms with van der Waals surface area (Å²) in [5.74, 6) is 0. The third kappa shape index (κ3) is 3.52. The summed E-state index contributed by atoms with van der Waals surface area (Å²) in [6.07, 6.45) is 0. The van der Waals surface area contributed by atoms with E-state index in [2.05, 4.69) is 2.05 Å². The van der Waals surface area contributed by atoms with Gasteiger partial charge in [-0.2, -0.15) is 0 Å². The van der Waals surface area contributed by atoms with E-state index in [1.807, 2.05) is 30.3 Å². The Bertz CT molecular complexity index is 200. The quantitative estimate of drug-likeness (QED) is 0.711. The molecule has 1 aromatic carbocycles. The van der Waals surface area contributed by atoms with Crippen LogP contribution in [0.25, 0.3) is 6.15 Å². The number of hydrogen-bond acceptors (Lipinski definition) is 1. The Balaban J connectivity index is 0.000000810. The minimum Gasteiger partial charge on any atom is -0.693 e. The van der Waals surface area contributed by atoms with E-state index in [4.69, 9.17) is 7.33 Å². The number of benzene rings is 1. The van der Waals surface area contributed by atoms with Gasteiger partial charge in [-0.1, -0.05) is 0 Å². The van der Waals surface area contributed by atoms with Crippen LogP contribution in [0.2, 0.25) is 0 Å². The summed E-state index contributed by atoms with van der Waals surface area (Å²) < 4.78 is 4.16. The molecule has 0 aromatic heterocycles. The van der Waals surface area contributed by atoms with Crippen LogP contribution in [-0.4, -0.2) is 0 Å². The Morgan fingerprint density at radius 2 is 1.80 bits per heavy atom. The molecule has 1 aromatic rings. The molecule has 0 amide bonds. The maximum absolute atomic E-state index is 5.56. The number of halogens is 1. The van der Waals surface area contributed by atoms with E-state index < -0.39 is 27.7 Å². The summed E-state index contributed by atoms with van der Waals surface area (Å²) in [6.45, 7) is 0. The van der Waals surface area contributed by atoms with E-state index >= 15 is 0 Å². The molecule has 0 radical (unpaired) electrons. The van der Waals surface area contributed by atoms with Gasteiger partial charge < -0.3 is 6.15 Å². The van der Waals surface area contributed by atoms with Gasteiger partial charge in [0.25, 0.3) is 0 Å². The van der Waals surface area contributed by atoms with Crippen molar-refractivity contribution in [3.63, 3.8) is 0 Å². The van der Waals surface area contributed by atoms with Gasteiger partial charge in [-0.25, -0.2) is 0 Å². The van der Waals surface area contributed by atoms with Crippen molar-refractivity contribution >= 4 is 13.0 Å². The van der Waals surface area contributed by atoms with Crippen LogP contribution in [0.4, 0.5) is 5.69 Å². The van der Waals surface area contributed by atoms with Crippen molar-refractivity contribution in [1.82, 2.24) is 0 Å². The summed E-state index contributed by atoms with van der Waals surface area (Å²) in [7, 11) is 5.56. The van der Waals surface area contributed by atoms with Gasteiger partial charge in [0, 0.05) is 0 Å². The van der Waals surface area contributed by atoms with Gasteiger partial charge >= 0.3 is 73.1 Å². The molecule has 0 spiro atoms. The fraction of sp³-hybridized carbons (Fsp3) is 0. The molecule has 0 saturated carbocycles. The Hall–Kier alpha value is 0.374. The van der Waals surface area contributed by atoms with Crippen LogP contribution in [0.3, 0.4) is 0 Å². The van der Waals surface area contributed by atoms with Crippen molar-refractivity contribution in [2.24, 2.45) is 2.05 Å². The monoisotopic (exact) mass is 231 g/mol. The fourth-order valence-corrected chi connectivity index (χ4v) is 1.94. The van der Waals surface area contributed by atoms with Crippen molar-refractivity contribution in [1.29, 1.82) is 0 Å². The van der Waals surface area contributed by atoms with Crippen LogP contribution in [0.1, 0.15) is 0 Å². The number of nitrogens with two attached hydrogens (primary N) is 1. The van der Waals surface area contributed by atoms with Crippen LogP contribution in [-0.2, 0) is 27.7 Å².